The van der Waals surface area contributed by atoms with E-state index >= 15 is 0 Å². The lowest BCUT2D eigenvalue weighted by atomic mass is 10.1. The molecule has 7 nitrogen and oxygen atoms in total. The second-order valence-corrected chi connectivity index (χ2v) is 8.44. The van der Waals surface area contributed by atoms with E-state index in [1.54, 1.807) is 12.3 Å². The molecule has 0 unspecified atom stereocenters. The Labute approximate surface area is 198 Å². The zero-order valence-electron chi connectivity index (χ0n) is 17.3. The van der Waals surface area contributed by atoms with E-state index in [9.17, 15) is 9.65 Å². The van der Waals surface area contributed by atoms with Crippen LogP contribution in [0.5, 0.6) is 5.75 Å². The van der Waals surface area contributed by atoms with Crippen LogP contribution in [0.15, 0.2) is 36.7 Å². The van der Waals surface area contributed by atoms with Crippen LogP contribution in [0.2, 0.25) is 10.0 Å². The van der Waals surface area contributed by atoms with Crippen LogP contribution in [-0.4, -0.2) is 33.3 Å². The van der Waals surface area contributed by atoms with Crippen LogP contribution in [0.25, 0.3) is 22.2 Å². The number of nitriles is 1. The molecule has 33 heavy (non-hydrogen) atoms. The van der Waals surface area contributed by atoms with Gasteiger partial charge >= 0.3 is 0 Å². The molecule has 0 bridgehead atoms. The molecule has 5 rings (SSSR count). The van der Waals surface area contributed by atoms with Crippen LogP contribution < -0.4 is 9.64 Å². The van der Waals surface area contributed by atoms with Crippen molar-refractivity contribution >= 4 is 39.9 Å². The lowest BCUT2D eigenvalue weighted by Crippen LogP contribution is -2.20. The van der Waals surface area contributed by atoms with E-state index < -0.39 is 5.95 Å². The molecule has 0 amide bonds. The Morgan fingerprint density at radius 2 is 1.97 bits per heavy atom. The van der Waals surface area contributed by atoms with Crippen molar-refractivity contribution in [2.45, 2.75) is 19.4 Å². The maximum Gasteiger partial charge on any atom is 0.232 e. The Morgan fingerprint density at radius 1 is 1.15 bits per heavy atom. The van der Waals surface area contributed by atoms with Crippen molar-refractivity contribution in [3.8, 4) is 23.1 Å². The summed E-state index contributed by atoms with van der Waals surface area (Å²) in [5, 5.41) is 18.0. The molecule has 1 saturated heterocycles. The van der Waals surface area contributed by atoms with E-state index in [-0.39, 0.29) is 16.7 Å². The van der Waals surface area contributed by atoms with Crippen molar-refractivity contribution < 1.29 is 9.13 Å². The molecule has 4 aromatic rings. The summed E-state index contributed by atoms with van der Waals surface area (Å²) >= 11 is 12.1. The van der Waals surface area contributed by atoms with Crippen LogP contribution in [0.3, 0.4) is 0 Å². The third kappa shape index (κ3) is 4.06. The van der Waals surface area contributed by atoms with Gasteiger partial charge in [-0.2, -0.15) is 14.8 Å². The molecule has 0 saturated carbocycles. The normalized spacial score (nSPS) is 13.5. The molecule has 1 aliphatic rings. The highest BCUT2D eigenvalue weighted by atomic mass is 35.5. The van der Waals surface area contributed by atoms with Crippen LogP contribution in [-0.2, 0) is 6.61 Å². The molecule has 3 aromatic heterocycles. The maximum atomic E-state index is 13.7. The summed E-state index contributed by atoms with van der Waals surface area (Å²) in [4.78, 5) is 10.2. The van der Waals surface area contributed by atoms with Gasteiger partial charge < -0.3 is 9.64 Å². The first-order chi connectivity index (χ1) is 16.0. The molecule has 0 radical (unpaired) electrons. The number of nitrogens with zero attached hydrogens (tertiary/aromatic N) is 5. The number of aromatic amines is 1. The van der Waals surface area contributed by atoms with Crippen molar-refractivity contribution in [3.05, 3.63) is 63.8 Å². The summed E-state index contributed by atoms with van der Waals surface area (Å²) in [7, 11) is 0. The number of fused-ring (bicyclic) bond motifs is 1. The summed E-state index contributed by atoms with van der Waals surface area (Å²) in [5.41, 5.74) is 3.00. The molecule has 10 heteroatoms. The first kappa shape index (κ1) is 21.4. The Kier molecular flexibility index (Phi) is 5.75. The van der Waals surface area contributed by atoms with Gasteiger partial charge in [-0.15, -0.1) is 0 Å². The van der Waals surface area contributed by atoms with Crippen molar-refractivity contribution in [1.82, 2.24) is 20.2 Å². The molecular weight excluding hydrogens is 466 g/mol. The van der Waals surface area contributed by atoms with E-state index in [1.165, 1.54) is 6.20 Å². The number of ether oxygens (including phenoxy) is 1. The number of rotatable bonds is 5. The quantitative estimate of drug-likeness (QED) is 0.376. The summed E-state index contributed by atoms with van der Waals surface area (Å²) in [6, 6.07) is 9.47. The Hall–Kier alpha value is -3.41. The third-order valence-corrected chi connectivity index (χ3v) is 6.32. The van der Waals surface area contributed by atoms with Crippen molar-refractivity contribution in [1.29, 1.82) is 5.26 Å². The minimum absolute atomic E-state index is 0.0273. The van der Waals surface area contributed by atoms with Gasteiger partial charge in [0.25, 0.3) is 0 Å². The second-order valence-electron chi connectivity index (χ2n) is 7.66. The number of hydrogen-bond donors (Lipinski definition) is 1. The highest BCUT2D eigenvalue weighted by Gasteiger charge is 2.19. The fourth-order valence-electron chi connectivity index (χ4n) is 3.92. The molecule has 0 aliphatic carbocycles. The van der Waals surface area contributed by atoms with Crippen LogP contribution in [0.4, 0.5) is 10.2 Å². The van der Waals surface area contributed by atoms with Crippen molar-refractivity contribution in [2.24, 2.45) is 0 Å². The number of pyridine rings is 2. The lowest BCUT2D eigenvalue weighted by molar-refractivity contribution is 0.306. The first-order valence-electron chi connectivity index (χ1n) is 10.3. The smallest absolute Gasteiger partial charge is 0.232 e. The highest BCUT2D eigenvalue weighted by molar-refractivity contribution is 6.35. The Bertz CT molecular complexity index is 1390. The molecule has 1 fully saturated rings. The van der Waals surface area contributed by atoms with E-state index in [0.29, 0.717) is 28.4 Å². The van der Waals surface area contributed by atoms with Crippen molar-refractivity contribution in [2.75, 3.05) is 18.0 Å². The summed E-state index contributed by atoms with van der Waals surface area (Å²) in [5.74, 6) is 0.433. The maximum absolute atomic E-state index is 13.7. The van der Waals surface area contributed by atoms with Gasteiger partial charge in [-0.3, -0.25) is 5.10 Å². The number of nitrogens with one attached hydrogen (secondary N) is 1. The van der Waals surface area contributed by atoms with Gasteiger partial charge in [0.15, 0.2) is 0 Å². The van der Waals surface area contributed by atoms with Gasteiger partial charge in [-0.1, -0.05) is 23.2 Å². The zero-order valence-corrected chi connectivity index (χ0v) is 18.8. The molecule has 1 aliphatic heterocycles. The minimum atomic E-state index is -0.801. The molecule has 0 spiro atoms. The average Bonchev–Trinajstić information content (AvgIpc) is 3.51. The van der Waals surface area contributed by atoms with E-state index in [0.717, 1.165) is 42.4 Å². The zero-order chi connectivity index (χ0) is 22.9. The predicted octanol–water partition coefficient (Wildman–Crippen LogP) is 5.52. The molecule has 166 valence electrons. The largest absolute Gasteiger partial charge is 0.489 e. The number of benzene rings is 1. The van der Waals surface area contributed by atoms with Crippen LogP contribution in [0.1, 0.15) is 24.0 Å². The van der Waals surface area contributed by atoms with Crippen molar-refractivity contribution in [3.63, 3.8) is 0 Å². The monoisotopic (exact) mass is 482 g/mol. The summed E-state index contributed by atoms with van der Waals surface area (Å²) in [6.45, 7) is 1.78. The summed E-state index contributed by atoms with van der Waals surface area (Å²) in [6.07, 6.45) is 5.13. The van der Waals surface area contributed by atoms with E-state index in [1.807, 2.05) is 18.2 Å². The lowest BCUT2D eigenvalue weighted by Gasteiger charge is -2.17. The average molecular weight is 483 g/mol. The second kappa shape index (κ2) is 8.85. The number of anilines is 1. The SMILES string of the molecule is N#Cc1cc(-c2n[nH]c3ccc(OCc4c(Cl)cnc(F)c4Cl)cc23)cnc1N1CCCC1. The number of H-pyrrole nitrogens is 1. The molecule has 0 atom stereocenters. The fourth-order valence-corrected chi connectivity index (χ4v) is 4.37. The topological polar surface area (TPSA) is 90.7 Å². The van der Waals surface area contributed by atoms with Gasteiger partial charge in [0.1, 0.15) is 35.0 Å². The third-order valence-electron chi connectivity index (χ3n) is 5.61. The van der Waals surface area contributed by atoms with E-state index in [4.69, 9.17) is 27.9 Å². The highest BCUT2D eigenvalue weighted by Crippen LogP contribution is 2.33. The first-order valence-corrected chi connectivity index (χ1v) is 11.1. The number of hydrogen-bond acceptors (Lipinski definition) is 6. The number of aromatic nitrogens is 4. The van der Waals surface area contributed by atoms with Gasteiger partial charge in [0, 0.05) is 42.0 Å². The fraction of sp³-hybridized carbons (Fsp3) is 0.217. The van der Waals surface area contributed by atoms with Gasteiger partial charge in [-0.05, 0) is 37.1 Å². The molecule has 1 aromatic carbocycles. The van der Waals surface area contributed by atoms with Gasteiger partial charge in [0.2, 0.25) is 5.95 Å². The van der Waals surface area contributed by atoms with Crippen LogP contribution >= 0.6 is 23.2 Å². The van der Waals surface area contributed by atoms with Crippen LogP contribution in [0, 0.1) is 17.3 Å². The molecule has 4 heterocycles. The minimum Gasteiger partial charge on any atom is -0.489 e. The standard InChI is InChI=1S/C23H17Cl2FN6O/c24-18-11-28-22(26)20(25)17(18)12-33-15-3-4-19-16(8-15)21(31-30-19)14-7-13(9-27)23(29-10-14)32-5-1-2-6-32/h3-4,7-8,10-11H,1-2,5-6,12H2,(H,30,31). The van der Waals surface area contributed by atoms with Gasteiger partial charge in [-0.25, -0.2) is 9.97 Å². The van der Waals surface area contributed by atoms with Gasteiger partial charge in [0.05, 0.1) is 16.1 Å². The Balaban J connectivity index is 1.46. The predicted molar refractivity (Wildman–Crippen MR) is 124 cm³/mol. The molecule has 1 N–H and O–H groups in total. The number of halogens is 3. The van der Waals surface area contributed by atoms with E-state index in [2.05, 4.69) is 31.1 Å². The summed E-state index contributed by atoms with van der Waals surface area (Å²) < 4.78 is 19.5. The molecular formula is C23H17Cl2FN6O. The Morgan fingerprint density at radius 3 is 2.76 bits per heavy atom.